The summed E-state index contributed by atoms with van der Waals surface area (Å²) in [6.07, 6.45) is 16.4. The first kappa shape index (κ1) is 24.4. The molecule has 0 heterocycles. The quantitative estimate of drug-likeness (QED) is 0.142. The van der Waals surface area contributed by atoms with Crippen LogP contribution in [0.25, 0.3) is 0 Å². The normalized spacial score (nSPS) is 12.3. The second-order valence-corrected chi connectivity index (χ2v) is 6.92. The van der Waals surface area contributed by atoms with Crippen LogP contribution in [0.3, 0.4) is 0 Å². The molecule has 0 fully saturated rings. The highest BCUT2D eigenvalue weighted by Crippen LogP contribution is 2.14. The fraction of sp³-hybridized carbons (Fsp3) is 0.950. The van der Waals surface area contributed by atoms with Crippen molar-refractivity contribution in [2.24, 2.45) is 0 Å². The number of carbonyl (C=O) groups excluding carboxylic acids is 1. The Bertz CT molecular complexity index is 283. The predicted octanol–water partition coefficient (Wildman–Crippen LogP) is 5.25. The maximum Gasteiger partial charge on any atom is 0.305 e. The van der Waals surface area contributed by atoms with E-state index in [0.29, 0.717) is 6.42 Å². The lowest BCUT2D eigenvalue weighted by Crippen LogP contribution is -2.09. The van der Waals surface area contributed by atoms with Crippen LogP contribution in [0.5, 0.6) is 0 Å². The Hall–Kier alpha value is -0.650. The Labute approximate surface area is 154 Å². The van der Waals surface area contributed by atoms with Gasteiger partial charge >= 0.3 is 5.97 Å². The second kappa shape index (κ2) is 19.7. The molecule has 150 valence electrons. The van der Waals surface area contributed by atoms with Crippen LogP contribution in [-0.4, -0.2) is 35.7 Å². The summed E-state index contributed by atoms with van der Waals surface area (Å²) < 4.78 is 4.87. The number of hydrogen-bond donors (Lipinski definition) is 2. The molecule has 0 aliphatic rings. The zero-order valence-corrected chi connectivity index (χ0v) is 16.2. The number of unbranched alkanes of at least 4 members (excludes halogenated alkanes) is 10. The van der Waals surface area contributed by atoms with Crippen molar-refractivity contribution in [3.8, 4) is 0 Å². The van der Waals surface area contributed by atoms with Gasteiger partial charge in [-0.25, -0.2) is 4.89 Å². The van der Waals surface area contributed by atoms with Gasteiger partial charge in [-0.1, -0.05) is 77.6 Å². The average molecular weight is 361 g/mol. The van der Waals surface area contributed by atoms with Crippen LogP contribution in [0.1, 0.15) is 103 Å². The zero-order chi connectivity index (χ0) is 18.6. The molecule has 25 heavy (non-hydrogen) atoms. The molecule has 0 aromatic heterocycles. The number of hydrogen-bond acceptors (Lipinski definition) is 5. The summed E-state index contributed by atoms with van der Waals surface area (Å²) in [6, 6.07) is 0. The fourth-order valence-electron chi connectivity index (χ4n) is 2.93. The molecule has 2 N–H and O–H groups in total. The molecule has 0 saturated heterocycles. The van der Waals surface area contributed by atoms with Crippen LogP contribution in [0.15, 0.2) is 0 Å². The molecular formula is C20H40O5. The van der Waals surface area contributed by atoms with Gasteiger partial charge in [-0.05, 0) is 19.3 Å². The van der Waals surface area contributed by atoms with Crippen LogP contribution in [0.2, 0.25) is 0 Å². The monoisotopic (exact) mass is 360 g/mol. The molecule has 0 spiro atoms. The minimum atomic E-state index is -0.217. The molecule has 0 radical (unpaired) electrons. The van der Waals surface area contributed by atoms with Crippen molar-refractivity contribution in [1.29, 1.82) is 0 Å². The smallest absolute Gasteiger partial charge is 0.305 e. The molecule has 0 aromatic carbocycles. The van der Waals surface area contributed by atoms with E-state index >= 15 is 0 Å². The number of ether oxygens (including phenoxy) is 1. The van der Waals surface area contributed by atoms with Gasteiger partial charge in [0.05, 0.1) is 6.10 Å². The Morgan fingerprint density at radius 2 is 1.32 bits per heavy atom. The minimum Gasteiger partial charge on any atom is -0.463 e. The summed E-state index contributed by atoms with van der Waals surface area (Å²) in [6.45, 7) is 2.35. The number of aliphatic hydroxyl groups excluding tert-OH is 1. The van der Waals surface area contributed by atoms with Crippen molar-refractivity contribution in [2.45, 2.75) is 109 Å². The van der Waals surface area contributed by atoms with E-state index in [4.69, 9.17) is 9.99 Å². The lowest BCUT2D eigenvalue weighted by molar-refractivity contribution is -0.248. The molecule has 0 saturated carbocycles. The first-order valence-electron chi connectivity index (χ1n) is 10.3. The molecule has 5 nitrogen and oxygen atoms in total. The highest BCUT2D eigenvalue weighted by Gasteiger charge is 2.04. The van der Waals surface area contributed by atoms with Crippen LogP contribution in [0.4, 0.5) is 0 Å². The van der Waals surface area contributed by atoms with Gasteiger partial charge in [-0.2, -0.15) is 0 Å². The molecule has 0 bridgehead atoms. The Morgan fingerprint density at radius 1 is 0.800 bits per heavy atom. The van der Waals surface area contributed by atoms with Crippen molar-refractivity contribution in [3.05, 3.63) is 0 Å². The molecule has 0 aliphatic carbocycles. The average Bonchev–Trinajstić information content (AvgIpc) is 2.60. The molecule has 0 amide bonds. The summed E-state index contributed by atoms with van der Waals surface area (Å²) in [7, 11) is 0. The molecule has 0 aromatic rings. The maximum atomic E-state index is 11.3. The number of esters is 1. The topological polar surface area (TPSA) is 76.0 Å². The minimum absolute atomic E-state index is 0.0294. The molecule has 1 unspecified atom stereocenters. The maximum absolute atomic E-state index is 11.3. The lowest BCUT2D eigenvalue weighted by atomic mass is 10.0. The second-order valence-electron chi connectivity index (χ2n) is 6.92. The standard InChI is InChI=1S/C20H40O5/c1-2-3-4-11-14-19(21)15-12-9-7-5-6-8-10-13-16-20(22)24-17-18-25-23/h19,21,23H,2-18H2,1H3. The van der Waals surface area contributed by atoms with E-state index in [2.05, 4.69) is 11.8 Å². The van der Waals surface area contributed by atoms with Gasteiger partial charge in [0, 0.05) is 6.42 Å². The molecule has 1 atom stereocenters. The van der Waals surface area contributed by atoms with Gasteiger partial charge in [-0.3, -0.25) is 10.1 Å². The van der Waals surface area contributed by atoms with Gasteiger partial charge in [0.15, 0.2) is 0 Å². The first-order valence-corrected chi connectivity index (χ1v) is 10.3. The largest absolute Gasteiger partial charge is 0.463 e. The summed E-state index contributed by atoms with van der Waals surface area (Å²) in [5, 5.41) is 18.0. The van der Waals surface area contributed by atoms with E-state index in [1.807, 2.05) is 0 Å². The third-order valence-electron chi connectivity index (χ3n) is 4.50. The number of aliphatic hydroxyl groups is 1. The van der Waals surface area contributed by atoms with Gasteiger partial charge in [0.1, 0.15) is 13.2 Å². The molecule has 0 rings (SSSR count). The van der Waals surface area contributed by atoms with Crippen LogP contribution >= 0.6 is 0 Å². The first-order chi connectivity index (χ1) is 12.2. The summed E-state index contributed by atoms with van der Waals surface area (Å²) >= 11 is 0. The van der Waals surface area contributed by atoms with Crippen molar-refractivity contribution in [2.75, 3.05) is 13.2 Å². The third-order valence-corrected chi connectivity index (χ3v) is 4.50. The van der Waals surface area contributed by atoms with Crippen molar-refractivity contribution in [1.82, 2.24) is 0 Å². The van der Waals surface area contributed by atoms with E-state index in [1.165, 1.54) is 44.9 Å². The third kappa shape index (κ3) is 19.5. The van der Waals surface area contributed by atoms with E-state index in [9.17, 15) is 9.90 Å². The van der Waals surface area contributed by atoms with Gasteiger partial charge in [-0.15, -0.1) is 0 Å². The lowest BCUT2D eigenvalue weighted by Gasteiger charge is -2.10. The van der Waals surface area contributed by atoms with Crippen LogP contribution in [0, 0.1) is 0 Å². The molecular weight excluding hydrogens is 320 g/mol. The Balaban J connectivity index is 3.19. The number of rotatable bonds is 19. The van der Waals surface area contributed by atoms with Gasteiger partial charge < -0.3 is 9.84 Å². The van der Waals surface area contributed by atoms with E-state index in [0.717, 1.165) is 44.9 Å². The SMILES string of the molecule is CCCCCCC(O)CCCCCCCCCCC(=O)OCCOO. The van der Waals surface area contributed by atoms with Crippen LogP contribution in [-0.2, 0) is 14.4 Å². The highest BCUT2D eigenvalue weighted by atomic mass is 17.1. The van der Waals surface area contributed by atoms with Gasteiger partial charge in [0.25, 0.3) is 0 Å². The van der Waals surface area contributed by atoms with E-state index in [-0.39, 0.29) is 25.3 Å². The molecule has 5 heteroatoms. The van der Waals surface area contributed by atoms with E-state index < -0.39 is 0 Å². The van der Waals surface area contributed by atoms with E-state index in [1.54, 1.807) is 0 Å². The Kier molecular flexibility index (Phi) is 19.2. The molecule has 0 aliphatic heterocycles. The Morgan fingerprint density at radius 3 is 1.88 bits per heavy atom. The summed E-state index contributed by atoms with van der Waals surface area (Å²) in [4.78, 5) is 15.1. The number of carbonyl (C=O) groups is 1. The predicted molar refractivity (Wildman–Crippen MR) is 100 cm³/mol. The highest BCUT2D eigenvalue weighted by molar-refractivity contribution is 5.69. The van der Waals surface area contributed by atoms with Crippen molar-refractivity contribution >= 4 is 5.97 Å². The summed E-state index contributed by atoms with van der Waals surface area (Å²) in [5.74, 6) is -0.217. The summed E-state index contributed by atoms with van der Waals surface area (Å²) in [5.41, 5.74) is 0. The fourth-order valence-corrected chi connectivity index (χ4v) is 2.93. The van der Waals surface area contributed by atoms with Crippen molar-refractivity contribution < 1.29 is 24.8 Å². The zero-order valence-electron chi connectivity index (χ0n) is 16.2. The van der Waals surface area contributed by atoms with Crippen molar-refractivity contribution in [3.63, 3.8) is 0 Å². The van der Waals surface area contributed by atoms with Gasteiger partial charge in [0.2, 0.25) is 0 Å². The van der Waals surface area contributed by atoms with Crippen LogP contribution < -0.4 is 0 Å².